The standard InChI is InChI=1S/C13H23B2O15P3/c1-2-3-23-31(17,18)30-11-10-7(27-13(11)15)5-25-32(19,20)28-9-6(26-12(14)8(9)16)4-24-33(21,22)29-10/h1,6-13,16H,3-5,14-15H2,(H,17,18)(H,19,20)(H,21,22)/t6-,7-,8?,9+,10?,11+,12-,13-/m1/s1. The van der Waals surface area contributed by atoms with Gasteiger partial charge in [-0.25, -0.2) is 13.7 Å². The van der Waals surface area contributed by atoms with Gasteiger partial charge in [-0.1, -0.05) is 5.92 Å². The maximum atomic E-state index is 12.6. The van der Waals surface area contributed by atoms with Crippen molar-refractivity contribution in [1.82, 2.24) is 0 Å². The van der Waals surface area contributed by atoms with Gasteiger partial charge < -0.3 is 29.3 Å². The molecule has 3 aliphatic rings. The second kappa shape index (κ2) is 10.5. The number of terminal acetylenes is 1. The Kier molecular flexibility index (Phi) is 8.73. The smallest absolute Gasteiger partial charge is 0.388 e. The Bertz CT molecular complexity index is 899. The average Bonchev–Trinajstić information content (AvgIpc) is 3.13. The third-order valence-corrected chi connectivity index (χ3v) is 7.93. The number of aliphatic hydroxyl groups excluding tert-OH is 1. The minimum Gasteiger partial charge on any atom is -0.388 e. The molecule has 186 valence electrons. The fourth-order valence-corrected chi connectivity index (χ4v) is 6.33. The highest BCUT2D eigenvalue weighted by atomic mass is 31.2. The second-order valence-corrected chi connectivity index (χ2v) is 11.7. The number of phosphoric acid groups is 3. The summed E-state index contributed by atoms with van der Waals surface area (Å²) in [6.07, 6.45) is -3.42. The molecule has 5 unspecified atom stereocenters. The number of hydrogen-bond donors (Lipinski definition) is 4. The first-order chi connectivity index (χ1) is 15.2. The Labute approximate surface area is 190 Å². The van der Waals surface area contributed by atoms with Crippen LogP contribution in [0.3, 0.4) is 0 Å². The van der Waals surface area contributed by atoms with Crippen molar-refractivity contribution in [2.24, 2.45) is 0 Å². The van der Waals surface area contributed by atoms with Crippen molar-refractivity contribution in [3.63, 3.8) is 0 Å². The van der Waals surface area contributed by atoms with Crippen molar-refractivity contribution in [3.05, 3.63) is 0 Å². The van der Waals surface area contributed by atoms with Crippen molar-refractivity contribution in [1.29, 1.82) is 0 Å². The Hall–Kier alpha value is -0.100. The van der Waals surface area contributed by atoms with E-state index in [1.54, 1.807) is 0 Å². The summed E-state index contributed by atoms with van der Waals surface area (Å²) in [4.78, 5) is 30.2. The van der Waals surface area contributed by atoms with Crippen LogP contribution in [-0.4, -0.2) is 104 Å². The first-order valence-electron chi connectivity index (χ1n) is 9.63. The summed E-state index contributed by atoms with van der Waals surface area (Å²) in [6, 6.07) is -1.89. The normalized spacial score (nSPS) is 48.5. The topological polar surface area (TPSA) is 206 Å². The van der Waals surface area contributed by atoms with E-state index < -0.39 is 91.9 Å². The van der Waals surface area contributed by atoms with Crippen LogP contribution >= 0.6 is 23.5 Å². The van der Waals surface area contributed by atoms with Gasteiger partial charge in [0.25, 0.3) is 0 Å². The summed E-state index contributed by atoms with van der Waals surface area (Å²) in [5.41, 5.74) is 0. The molecule has 0 aromatic heterocycles. The lowest BCUT2D eigenvalue weighted by Gasteiger charge is -2.29. The molecule has 0 amide bonds. The summed E-state index contributed by atoms with van der Waals surface area (Å²) >= 11 is 0. The summed E-state index contributed by atoms with van der Waals surface area (Å²) < 4.78 is 77.6. The van der Waals surface area contributed by atoms with Crippen LogP contribution in [0.25, 0.3) is 0 Å². The molecule has 4 N–H and O–H groups in total. The lowest BCUT2D eigenvalue weighted by Crippen LogP contribution is -2.40. The summed E-state index contributed by atoms with van der Waals surface area (Å²) in [7, 11) is -11.6. The molecule has 11 atom stereocenters. The molecule has 3 aliphatic heterocycles. The van der Waals surface area contributed by atoms with E-state index in [0.717, 1.165) is 0 Å². The number of ether oxygens (including phenoxy) is 2. The lowest BCUT2D eigenvalue weighted by molar-refractivity contribution is -0.0490. The molecule has 3 heterocycles. The molecule has 0 aromatic carbocycles. The zero-order valence-electron chi connectivity index (χ0n) is 17.4. The van der Waals surface area contributed by atoms with Gasteiger partial charge in [-0.3, -0.25) is 27.1 Å². The molecule has 20 heteroatoms. The van der Waals surface area contributed by atoms with E-state index in [1.165, 1.54) is 15.7 Å². The molecule has 0 aromatic rings. The zero-order valence-corrected chi connectivity index (χ0v) is 20.1. The van der Waals surface area contributed by atoms with E-state index in [2.05, 4.69) is 4.52 Å². The monoisotopic (exact) mass is 534 g/mol. The molecule has 0 spiro atoms. The van der Waals surface area contributed by atoms with E-state index >= 15 is 0 Å². The predicted molar refractivity (Wildman–Crippen MR) is 111 cm³/mol. The van der Waals surface area contributed by atoms with Gasteiger partial charge in [0.1, 0.15) is 58.9 Å². The maximum Gasteiger partial charge on any atom is 0.473 e. The van der Waals surface area contributed by atoms with Crippen LogP contribution in [0.4, 0.5) is 0 Å². The molecule has 3 rings (SSSR count). The van der Waals surface area contributed by atoms with Crippen LogP contribution in [0.1, 0.15) is 0 Å². The SMILES string of the molecule is B[C@@H]1O[C@@H]2COP(=O)(O)OC3[C@@H](COP(=O)(O)O[C@@H]2C1O)O[C@@H](B)[C@H]3OP(=O)(O)OCC#C. The lowest BCUT2D eigenvalue weighted by atomic mass is 9.93. The third kappa shape index (κ3) is 6.98. The number of aliphatic hydroxyl groups is 1. The summed E-state index contributed by atoms with van der Waals surface area (Å²) in [6.45, 7) is -1.97. The Morgan fingerprint density at radius 3 is 2.12 bits per heavy atom. The van der Waals surface area contributed by atoms with Crippen LogP contribution in [0.2, 0.25) is 0 Å². The van der Waals surface area contributed by atoms with Gasteiger partial charge in [0.15, 0.2) is 0 Å². The minimum absolute atomic E-state index is 0.562. The maximum absolute atomic E-state index is 12.6. The zero-order chi connectivity index (χ0) is 24.6. The van der Waals surface area contributed by atoms with Crippen LogP contribution < -0.4 is 0 Å². The van der Waals surface area contributed by atoms with Crippen LogP contribution in [0, 0.1) is 12.3 Å². The number of hydrogen-bond acceptors (Lipinski definition) is 12. The highest BCUT2D eigenvalue weighted by Crippen LogP contribution is 2.54. The summed E-state index contributed by atoms with van der Waals surface area (Å²) in [5, 5.41) is 10.2. The largest absolute Gasteiger partial charge is 0.473 e. The van der Waals surface area contributed by atoms with Crippen molar-refractivity contribution in [3.8, 4) is 12.3 Å². The molecule has 3 saturated heterocycles. The molecule has 0 bridgehead atoms. The molecule has 0 aliphatic carbocycles. The first-order valence-corrected chi connectivity index (χ1v) is 14.1. The minimum atomic E-state index is -4.89. The van der Waals surface area contributed by atoms with Gasteiger partial charge in [0, 0.05) is 0 Å². The van der Waals surface area contributed by atoms with Crippen LogP contribution in [0.5, 0.6) is 0 Å². The molecule has 15 nitrogen and oxygen atoms in total. The van der Waals surface area contributed by atoms with E-state index in [4.69, 9.17) is 38.5 Å². The molecule has 0 radical (unpaired) electrons. The quantitative estimate of drug-likeness (QED) is 0.164. The summed E-state index contributed by atoms with van der Waals surface area (Å²) in [5.74, 6) is 1.99. The first kappa shape index (κ1) is 27.5. The van der Waals surface area contributed by atoms with Gasteiger partial charge in [-0.05, 0) is 0 Å². The number of fused-ring (bicyclic) bond motifs is 2. The van der Waals surface area contributed by atoms with E-state index in [9.17, 15) is 33.5 Å². The van der Waals surface area contributed by atoms with Gasteiger partial charge in [0.2, 0.25) is 0 Å². The van der Waals surface area contributed by atoms with Crippen molar-refractivity contribution < 1.29 is 70.1 Å². The highest BCUT2D eigenvalue weighted by molar-refractivity contribution is 7.48. The van der Waals surface area contributed by atoms with Crippen molar-refractivity contribution >= 4 is 39.2 Å². The van der Waals surface area contributed by atoms with Gasteiger partial charge in [-0.15, -0.1) is 6.42 Å². The van der Waals surface area contributed by atoms with Gasteiger partial charge in [0.05, 0.1) is 25.2 Å². The Morgan fingerprint density at radius 1 is 1.03 bits per heavy atom. The van der Waals surface area contributed by atoms with Crippen LogP contribution in [0.15, 0.2) is 0 Å². The fraction of sp³-hybridized carbons (Fsp3) is 0.846. The molecule has 0 saturated carbocycles. The van der Waals surface area contributed by atoms with Gasteiger partial charge in [-0.2, -0.15) is 0 Å². The van der Waals surface area contributed by atoms with Gasteiger partial charge >= 0.3 is 23.5 Å². The Balaban J connectivity index is 1.85. The van der Waals surface area contributed by atoms with Crippen molar-refractivity contribution in [2.75, 3.05) is 19.8 Å². The molecular weight excluding hydrogens is 511 g/mol. The van der Waals surface area contributed by atoms with Crippen LogP contribution in [-0.2, 0) is 50.3 Å². The van der Waals surface area contributed by atoms with Crippen molar-refractivity contribution in [2.45, 2.75) is 48.6 Å². The fourth-order valence-electron chi connectivity index (χ4n) is 3.51. The third-order valence-electron chi connectivity index (χ3n) is 5.00. The molecule has 33 heavy (non-hydrogen) atoms. The second-order valence-electron chi connectivity index (χ2n) is 7.43. The van der Waals surface area contributed by atoms with E-state index in [1.807, 2.05) is 5.92 Å². The van der Waals surface area contributed by atoms with E-state index in [0.29, 0.717) is 0 Å². The molecule has 3 fully saturated rings. The van der Waals surface area contributed by atoms with E-state index in [-0.39, 0.29) is 0 Å². The average molecular weight is 534 g/mol. The highest BCUT2D eigenvalue weighted by Gasteiger charge is 2.53. The predicted octanol–water partition coefficient (Wildman–Crippen LogP) is -2.78. The Morgan fingerprint density at radius 2 is 1.55 bits per heavy atom. The number of phosphoric ester groups is 3. The molecular formula is C13H23B2O15P3. The number of rotatable bonds is 4.